The number of hydrogen-bond acceptors (Lipinski definition) is 10. The zero-order valence-corrected chi connectivity index (χ0v) is 67.7. The molecule has 0 spiro atoms. The van der Waals surface area contributed by atoms with Gasteiger partial charge in [0.15, 0.2) is 22.8 Å². The van der Waals surface area contributed by atoms with E-state index in [2.05, 4.69) is 259 Å². The lowest BCUT2D eigenvalue weighted by atomic mass is 9.79. The van der Waals surface area contributed by atoms with Gasteiger partial charge in [0.1, 0.15) is 67.1 Å². The molecule has 0 saturated carbocycles. The number of fused-ring (bicyclic) bond motifs is 27. The van der Waals surface area contributed by atoms with E-state index in [1.165, 1.54) is 105 Å². The molecule has 0 N–H and O–H groups in total. The SMILES string of the molecule is CC1(C)c2cc(-c3cccc(-c4nc(-c5ccccc5)nc5c4oc4ccccc45)c3)ccc2-c2ccc3oc4ccccc4c3c21.CC1(C)c2cc(-c3nc(-c4ccccc4)nc4c3oc3ccccc34)ccc2-c2ccc3oc4ccccc4c3c21.CC1(C)c2ccccc2-c2c(-c3ccc(-c4ccccn4)cc3)cc3oc4ccccc4c3c21. The smallest absolute Gasteiger partial charge is 0.180 e. The summed E-state index contributed by atoms with van der Waals surface area (Å²) in [5.41, 5.74) is 37.7. The molecule has 10 heteroatoms. The summed E-state index contributed by atoms with van der Waals surface area (Å²) >= 11 is 0. The Balaban J connectivity index is 0.000000105. The minimum absolute atomic E-state index is 0.124. The number of pyridine rings is 1. The molecule has 0 amide bonds. The van der Waals surface area contributed by atoms with Crippen LogP contribution in [0.1, 0.15) is 74.9 Å². The van der Waals surface area contributed by atoms with Gasteiger partial charge >= 0.3 is 0 Å². The Hall–Kier alpha value is -15.4. The highest BCUT2D eigenvalue weighted by molar-refractivity contribution is 6.16. The summed E-state index contributed by atoms with van der Waals surface area (Å²) in [4.78, 5) is 24.7. The van der Waals surface area contributed by atoms with Crippen molar-refractivity contribution < 1.29 is 22.1 Å². The molecule has 23 aromatic rings. The third kappa shape index (κ3) is 10.8. The Morgan fingerprint density at radius 3 is 1.16 bits per heavy atom. The first-order valence-corrected chi connectivity index (χ1v) is 41.7. The summed E-state index contributed by atoms with van der Waals surface area (Å²) in [5, 5.41) is 9.15. The summed E-state index contributed by atoms with van der Waals surface area (Å²) in [5.74, 6) is 1.37. The van der Waals surface area contributed by atoms with E-state index >= 15 is 0 Å². The van der Waals surface area contributed by atoms with Crippen LogP contribution in [0.5, 0.6) is 0 Å². The number of nitrogens with zero attached hydrogens (tertiary/aromatic N) is 5. The summed E-state index contributed by atoms with van der Waals surface area (Å²) in [6.07, 6.45) is 1.84. The van der Waals surface area contributed by atoms with Gasteiger partial charge in [0.2, 0.25) is 0 Å². The van der Waals surface area contributed by atoms with E-state index in [0.717, 1.165) is 128 Å². The molecule has 0 fully saturated rings. The molecular weight excluding hydrogens is 1500 g/mol. The van der Waals surface area contributed by atoms with E-state index < -0.39 is 0 Å². The Morgan fingerprint density at radius 2 is 0.623 bits per heavy atom. The van der Waals surface area contributed by atoms with E-state index in [9.17, 15) is 0 Å². The van der Waals surface area contributed by atoms with Crippen molar-refractivity contribution in [2.45, 2.75) is 57.8 Å². The lowest BCUT2D eigenvalue weighted by Crippen LogP contribution is -2.15. The fourth-order valence-electron chi connectivity index (χ4n) is 20.2. The van der Waals surface area contributed by atoms with Crippen LogP contribution in [0.15, 0.2) is 368 Å². The summed E-state index contributed by atoms with van der Waals surface area (Å²) in [6.45, 7) is 14.0. The molecule has 0 atom stereocenters. The molecule has 8 aromatic heterocycles. The van der Waals surface area contributed by atoms with Crippen molar-refractivity contribution in [1.82, 2.24) is 24.9 Å². The molecule has 8 heterocycles. The second-order valence-corrected chi connectivity index (χ2v) is 34.0. The predicted molar refractivity (Wildman–Crippen MR) is 495 cm³/mol. The Kier molecular flexibility index (Phi) is 15.6. The average molecular weight is 1570 g/mol. The average Bonchev–Trinajstić information content (AvgIpc) is 1.55. The van der Waals surface area contributed by atoms with Crippen molar-refractivity contribution in [3.63, 3.8) is 0 Å². The zero-order valence-electron chi connectivity index (χ0n) is 67.7. The van der Waals surface area contributed by atoms with Gasteiger partial charge in [-0.15, -0.1) is 0 Å². The van der Waals surface area contributed by atoms with Crippen LogP contribution in [-0.2, 0) is 16.2 Å². The van der Waals surface area contributed by atoms with Gasteiger partial charge < -0.3 is 22.1 Å². The second kappa shape index (κ2) is 26.8. The molecule has 122 heavy (non-hydrogen) atoms. The molecule has 10 nitrogen and oxygen atoms in total. The third-order valence-corrected chi connectivity index (χ3v) is 25.9. The standard InChI is InChI=1S/C43H28N2O2.C37H24N2O2.C32H23NO/c1-43(2)33-24-27(19-20-29(33)30-21-22-36-37(38(30)43)31-15-6-8-17-34(31)46-36)26-13-10-14-28(23-26)39-41-40(32-16-7-9-18-35(32)47-41)45-42(44-39)25-11-4-3-5-12-25;1-37(2)27-20-22(16-17-23(27)24-18-19-30-31(32(24)37)25-12-6-8-14-28(25)40-30)33-35-34(26-13-7-9-15-29(26)41-35)39-36(38-33)21-10-4-3-5-11-21;1-32(2)25-11-5-3-9-22(25)29-24(20-14-16-21(17-15-20)26-12-7-8-18-33-26)19-28-30(31(29)32)23-10-4-6-13-27(23)34-28/h3-24H,1-2H3;3-20H,1-2H3;3-19H,1-2H3. The van der Waals surface area contributed by atoms with Gasteiger partial charge in [-0.05, 0) is 180 Å². The molecule has 0 aliphatic heterocycles. The molecule has 0 radical (unpaired) electrons. The van der Waals surface area contributed by atoms with Gasteiger partial charge in [0.25, 0.3) is 0 Å². The van der Waals surface area contributed by atoms with Gasteiger partial charge in [0, 0.05) is 93.3 Å². The fourth-order valence-corrected chi connectivity index (χ4v) is 20.2. The van der Waals surface area contributed by atoms with E-state index in [0.29, 0.717) is 22.8 Å². The highest BCUT2D eigenvalue weighted by Gasteiger charge is 2.43. The van der Waals surface area contributed by atoms with Crippen molar-refractivity contribution in [1.29, 1.82) is 0 Å². The molecule has 15 aromatic carbocycles. The van der Waals surface area contributed by atoms with Crippen molar-refractivity contribution in [3.05, 3.63) is 379 Å². The normalized spacial score (nSPS) is 13.7. The third-order valence-electron chi connectivity index (χ3n) is 25.9. The van der Waals surface area contributed by atoms with E-state index in [1.54, 1.807) is 0 Å². The lowest BCUT2D eigenvalue weighted by molar-refractivity contribution is 0.656. The van der Waals surface area contributed by atoms with Crippen LogP contribution in [0, 0.1) is 0 Å². The fraction of sp³-hybridized carbons (Fsp3) is 0.0804. The molecule has 3 aliphatic rings. The number of benzene rings is 15. The summed E-state index contributed by atoms with van der Waals surface area (Å²) < 4.78 is 31.8. The highest BCUT2D eigenvalue weighted by Crippen LogP contribution is 2.59. The minimum Gasteiger partial charge on any atom is -0.456 e. The summed E-state index contributed by atoms with van der Waals surface area (Å²) in [7, 11) is 0. The maximum absolute atomic E-state index is 6.42. The van der Waals surface area contributed by atoms with Crippen LogP contribution in [0.25, 0.3) is 222 Å². The van der Waals surface area contributed by atoms with Gasteiger partial charge in [0.05, 0.1) is 5.69 Å². The first kappa shape index (κ1) is 70.8. The van der Waals surface area contributed by atoms with Crippen molar-refractivity contribution in [2.75, 3.05) is 0 Å². The van der Waals surface area contributed by atoms with Crippen LogP contribution in [-0.4, -0.2) is 24.9 Å². The van der Waals surface area contributed by atoms with Crippen molar-refractivity contribution >= 4 is 110 Å². The van der Waals surface area contributed by atoms with E-state index in [-0.39, 0.29) is 16.2 Å². The largest absolute Gasteiger partial charge is 0.456 e. The molecular formula is C112H75N5O5. The first-order chi connectivity index (χ1) is 59.7. The topological polar surface area (TPSA) is 130 Å². The van der Waals surface area contributed by atoms with Crippen LogP contribution in [0.4, 0.5) is 0 Å². The molecule has 26 rings (SSSR count). The Bertz CT molecular complexity index is 8290. The van der Waals surface area contributed by atoms with Crippen molar-refractivity contribution in [2.24, 2.45) is 0 Å². The number of hydrogen-bond donors (Lipinski definition) is 0. The Labute approximate surface area is 701 Å². The summed E-state index contributed by atoms with van der Waals surface area (Å²) in [6, 6.07) is 118. The lowest BCUT2D eigenvalue weighted by Gasteiger charge is -2.23. The predicted octanol–water partition coefficient (Wildman–Crippen LogP) is 30.1. The van der Waals surface area contributed by atoms with Gasteiger partial charge in [-0.3, -0.25) is 4.98 Å². The van der Waals surface area contributed by atoms with Crippen LogP contribution in [0.3, 0.4) is 0 Å². The maximum Gasteiger partial charge on any atom is 0.180 e. The number of furan rings is 5. The van der Waals surface area contributed by atoms with Crippen LogP contribution >= 0.6 is 0 Å². The molecule has 0 unspecified atom stereocenters. The number of aromatic nitrogens is 5. The first-order valence-electron chi connectivity index (χ1n) is 41.7. The quantitative estimate of drug-likeness (QED) is 0.152. The van der Waals surface area contributed by atoms with Gasteiger partial charge in [-0.25, -0.2) is 19.9 Å². The van der Waals surface area contributed by atoms with Crippen molar-refractivity contribution in [3.8, 4) is 112 Å². The van der Waals surface area contributed by atoms with Gasteiger partial charge in [-0.2, -0.15) is 0 Å². The monoisotopic (exact) mass is 1570 g/mol. The zero-order chi connectivity index (χ0) is 81.4. The molecule has 578 valence electrons. The van der Waals surface area contributed by atoms with E-state index in [4.69, 9.17) is 42.0 Å². The maximum atomic E-state index is 6.42. The van der Waals surface area contributed by atoms with Gasteiger partial charge in [-0.1, -0.05) is 290 Å². The Morgan fingerprint density at radius 1 is 0.230 bits per heavy atom. The number of para-hydroxylation sites is 5. The number of rotatable bonds is 7. The second-order valence-electron chi connectivity index (χ2n) is 34.0. The molecule has 0 saturated heterocycles. The highest BCUT2D eigenvalue weighted by atomic mass is 16.3. The van der Waals surface area contributed by atoms with Crippen LogP contribution < -0.4 is 0 Å². The minimum atomic E-state index is -0.241. The molecule has 3 aliphatic carbocycles. The molecule has 0 bridgehead atoms. The van der Waals surface area contributed by atoms with Crippen LogP contribution in [0.2, 0.25) is 0 Å². The van der Waals surface area contributed by atoms with E-state index in [1.807, 2.05) is 134 Å².